The number of rotatable bonds is 2. The third-order valence-electron chi connectivity index (χ3n) is 3.93. The van der Waals surface area contributed by atoms with Gasteiger partial charge in [0.15, 0.2) is 0 Å². The molecule has 1 aliphatic rings. The van der Waals surface area contributed by atoms with Crippen molar-refractivity contribution in [3.05, 3.63) is 42.5 Å². The normalized spacial score (nSPS) is 18.1. The van der Waals surface area contributed by atoms with E-state index in [1.807, 2.05) is 37.4 Å². The molecule has 1 aliphatic heterocycles. The Morgan fingerprint density at radius 1 is 1.25 bits per heavy atom. The Morgan fingerprint density at radius 3 is 2.85 bits per heavy atom. The lowest BCUT2D eigenvalue weighted by Gasteiger charge is -2.24. The van der Waals surface area contributed by atoms with Gasteiger partial charge >= 0.3 is 6.03 Å². The van der Waals surface area contributed by atoms with Crippen LogP contribution in [0.4, 0.5) is 10.5 Å². The third kappa shape index (κ3) is 2.47. The van der Waals surface area contributed by atoms with Gasteiger partial charge < -0.3 is 15.5 Å². The summed E-state index contributed by atoms with van der Waals surface area (Å²) in [6, 6.07) is 14.3. The third-order valence-corrected chi connectivity index (χ3v) is 3.93. The fourth-order valence-corrected chi connectivity index (χ4v) is 2.67. The molecule has 1 saturated heterocycles. The van der Waals surface area contributed by atoms with E-state index in [1.54, 1.807) is 4.90 Å². The molecule has 0 spiro atoms. The standard InChI is InChI=1S/C16H19N3O/c1-19(13-9-10-17-11-13)16(20)18-15-8-4-6-12-5-2-3-7-14(12)15/h2-8,13,17H,9-11H2,1H3,(H,18,20). The molecule has 20 heavy (non-hydrogen) atoms. The maximum atomic E-state index is 12.3. The molecule has 1 unspecified atom stereocenters. The molecule has 1 heterocycles. The van der Waals surface area contributed by atoms with Crippen molar-refractivity contribution in [3.63, 3.8) is 0 Å². The smallest absolute Gasteiger partial charge is 0.321 e. The maximum absolute atomic E-state index is 12.3. The van der Waals surface area contributed by atoms with Crippen LogP contribution in [-0.2, 0) is 0 Å². The van der Waals surface area contributed by atoms with Gasteiger partial charge in [-0.25, -0.2) is 4.79 Å². The van der Waals surface area contributed by atoms with Crippen LogP contribution in [0.5, 0.6) is 0 Å². The minimum Gasteiger partial charge on any atom is -0.323 e. The first kappa shape index (κ1) is 12.9. The van der Waals surface area contributed by atoms with E-state index in [2.05, 4.69) is 22.8 Å². The zero-order valence-corrected chi connectivity index (χ0v) is 11.6. The molecular weight excluding hydrogens is 250 g/mol. The Bertz CT molecular complexity index is 615. The van der Waals surface area contributed by atoms with E-state index < -0.39 is 0 Å². The lowest BCUT2D eigenvalue weighted by molar-refractivity contribution is 0.208. The number of nitrogens with one attached hydrogen (secondary N) is 2. The van der Waals surface area contributed by atoms with Gasteiger partial charge in [0.05, 0.1) is 5.69 Å². The number of amides is 2. The number of urea groups is 1. The van der Waals surface area contributed by atoms with Crippen LogP contribution in [0.15, 0.2) is 42.5 Å². The second kappa shape index (κ2) is 5.51. The van der Waals surface area contributed by atoms with E-state index in [0.29, 0.717) is 0 Å². The molecule has 1 fully saturated rings. The van der Waals surface area contributed by atoms with Crippen LogP contribution in [-0.4, -0.2) is 37.1 Å². The van der Waals surface area contributed by atoms with Crippen molar-refractivity contribution in [3.8, 4) is 0 Å². The van der Waals surface area contributed by atoms with E-state index in [9.17, 15) is 4.79 Å². The molecule has 2 N–H and O–H groups in total. The van der Waals surface area contributed by atoms with Crippen molar-refractivity contribution < 1.29 is 4.79 Å². The first-order valence-electron chi connectivity index (χ1n) is 6.98. The number of fused-ring (bicyclic) bond motifs is 1. The molecule has 4 nitrogen and oxygen atoms in total. The van der Waals surface area contributed by atoms with Crippen LogP contribution >= 0.6 is 0 Å². The van der Waals surface area contributed by atoms with Crippen molar-refractivity contribution in [2.75, 3.05) is 25.5 Å². The fraction of sp³-hybridized carbons (Fsp3) is 0.312. The summed E-state index contributed by atoms with van der Waals surface area (Å²) < 4.78 is 0. The predicted octanol–water partition coefficient (Wildman–Crippen LogP) is 2.67. The molecule has 104 valence electrons. The highest BCUT2D eigenvalue weighted by molar-refractivity contribution is 6.01. The number of nitrogens with zero attached hydrogens (tertiary/aromatic N) is 1. The van der Waals surface area contributed by atoms with E-state index >= 15 is 0 Å². The van der Waals surface area contributed by atoms with E-state index in [1.165, 1.54) is 0 Å². The van der Waals surface area contributed by atoms with Gasteiger partial charge in [-0.2, -0.15) is 0 Å². The van der Waals surface area contributed by atoms with Gasteiger partial charge in [0.25, 0.3) is 0 Å². The van der Waals surface area contributed by atoms with Crippen molar-refractivity contribution in [2.24, 2.45) is 0 Å². The molecular formula is C16H19N3O. The molecule has 0 aliphatic carbocycles. The van der Waals surface area contributed by atoms with Crippen LogP contribution < -0.4 is 10.6 Å². The van der Waals surface area contributed by atoms with Gasteiger partial charge in [-0.15, -0.1) is 0 Å². The molecule has 2 aromatic carbocycles. The van der Waals surface area contributed by atoms with Crippen molar-refractivity contribution in [1.29, 1.82) is 0 Å². The fourth-order valence-electron chi connectivity index (χ4n) is 2.67. The monoisotopic (exact) mass is 269 g/mol. The van der Waals surface area contributed by atoms with Crippen molar-refractivity contribution in [2.45, 2.75) is 12.5 Å². The van der Waals surface area contributed by atoms with E-state index in [-0.39, 0.29) is 12.1 Å². The Labute approximate surface area is 118 Å². The summed E-state index contributed by atoms with van der Waals surface area (Å²) in [5, 5.41) is 8.51. The Hall–Kier alpha value is -2.07. The van der Waals surface area contributed by atoms with Gasteiger partial charge in [0.1, 0.15) is 0 Å². The van der Waals surface area contributed by atoms with Gasteiger partial charge in [-0.1, -0.05) is 36.4 Å². The number of carbonyl (C=O) groups is 1. The van der Waals surface area contributed by atoms with Crippen LogP contribution in [0.2, 0.25) is 0 Å². The summed E-state index contributed by atoms with van der Waals surface area (Å²) in [5.41, 5.74) is 0.867. The lowest BCUT2D eigenvalue weighted by Crippen LogP contribution is -2.41. The first-order chi connectivity index (χ1) is 9.75. The molecule has 2 aromatic rings. The minimum atomic E-state index is -0.0462. The second-order valence-corrected chi connectivity index (χ2v) is 5.21. The second-order valence-electron chi connectivity index (χ2n) is 5.21. The van der Waals surface area contributed by atoms with Crippen LogP contribution in [0.3, 0.4) is 0 Å². The number of hydrogen-bond acceptors (Lipinski definition) is 2. The number of hydrogen-bond donors (Lipinski definition) is 2. The number of carbonyl (C=O) groups excluding carboxylic acids is 1. The molecule has 0 radical (unpaired) electrons. The van der Waals surface area contributed by atoms with Crippen LogP contribution in [0.1, 0.15) is 6.42 Å². The van der Waals surface area contributed by atoms with Gasteiger partial charge in [0.2, 0.25) is 0 Å². The summed E-state index contributed by atoms with van der Waals surface area (Å²) in [5.74, 6) is 0. The van der Waals surface area contributed by atoms with Gasteiger partial charge in [-0.05, 0) is 24.4 Å². The molecule has 0 bridgehead atoms. The predicted molar refractivity (Wildman–Crippen MR) is 82.0 cm³/mol. The average Bonchev–Trinajstić information content (AvgIpc) is 3.01. The molecule has 4 heteroatoms. The first-order valence-corrected chi connectivity index (χ1v) is 6.98. The van der Waals surface area contributed by atoms with Crippen molar-refractivity contribution in [1.82, 2.24) is 10.2 Å². The number of likely N-dealkylation sites (N-methyl/N-ethyl adjacent to an activating group) is 1. The summed E-state index contributed by atoms with van der Waals surface area (Å²) >= 11 is 0. The van der Waals surface area contributed by atoms with Gasteiger partial charge in [0, 0.05) is 25.0 Å². The highest BCUT2D eigenvalue weighted by Gasteiger charge is 2.23. The SMILES string of the molecule is CN(C(=O)Nc1cccc2ccccc12)C1CCNC1. The van der Waals surface area contributed by atoms with E-state index in [0.717, 1.165) is 36.0 Å². The van der Waals surface area contributed by atoms with Gasteiger partial charge in [-0.3, -0.25) is 0 Å². The lowest BCUT2D eigenvalue weighted by atomic mass is 10.1. The Morgan fingerprint density at radius 2 is 2.05 bits per heavy atom. The molecule has 2 amide bonds. The number of benzene rings is 2. The van der Waals surface area contributed by atoms with E-state index in [4.69, 9.17) is 0 Å². The Balaban J connectivity index is 1.80. The average molecular weight is 269 g/mol. The minimum absolute atomic E-state index is 0.0462. The largest absolute Gasteiger partial charge is 0.323 e. The summed E-state index contributed by atoms with van der Waals surface area (Å²) in [6.07, 6.45) is 1.01. The molecule has 1 atom stereocenters. The van der Waals surface area contributed by atoms with Crippen LogP contribution in [0.25, 0.3) is 10.8 Å². The maximum Gasteiger partial charge on any atom is 0.321 e. The number of anilines is 1. The van der Waals surface area contributed by atoms with Crippen molar-refractivity contribution >= 4 is 22.5 Å². The highest BCUT2D eigenvalue weighted by atomic mass is 16.2. The summed E-state index contributed by atoms with van der Waals surface area (Å²) in [6.45, 7) is 1.86. The molecule has 0 saturated carbocycles. The quantitative estimate of drug-likeness (QED) is 0.880. The molecule has 3 rings (SSSR count). The van der Waals surface area contributed by atoms with Crippen LogP contribution in [0, 0.1) is 0 Å². The summed E-state index contributed by atoms with van der Waals surface area (Å²) in [4.78, 5) is 14.1. The highest BCUT2D eigenvalue weighted by Crippen LogP contribution is 2.23. The zero-order valence-electron chi connectivity index (χ0n) is 11.6. The zero-order chi connectivity index (χ0) is 13.9. The topological polar surface area (TPSA) is 44.4 Å². The Kier molecular flexibility index (Phi) is 3.56. The molecule has 0 aromatic heterocycles. The summed E-state index contributed by atoms with van der Waals surface area (Å²) in [7, 11) is 1.86.